The Morgan fingerprint density at radius 3 is 2.69 bits per heavy atom. The van der Waals surface area contributed by atoms with E-state index >= 15 is 0 Å². The average molecular weight is 231 g/mol. The number of alkyl halides is 3. The Morgan fingerprint density at radius 1 is 1.44 bits per heavy atom. The number of Topliss-reactive ketones (excluding diaryl/α,β-unsaturated/α-hetero) is 1. The maximum Gasteiger partial charge on any atom is 0.389 e. The Bertz CT molecular complexity index is 374. The highest BCUT2D eigenvalue weighted by Crippen LogP contribution is 2.22. The molecule has 16 heavy (non-hydrogen) atoms. The van der Waals surface area contributed by atoms with Gasteiger partial charge < -0.3 is 0 Å². The van der Waals surface area contributed by atoms with Gasteiger partial charge in [-0.3, -0.25) is 9.78 Å². The quantitative estimate of drug-likeness (QED) is 0.744. The molecule has 0 fully saturated rings. The molecule has 88 valence electrons. The van der Waals surface area contributed by atoms with Crippen molar-refractivity contribution in [3.63, 3.8) is 0 Å². The van der Waals surface area contributed by atoms with Crippen LogP contribution in [-0.4, -0.2) is 16.9 Å². The zero-order valence-corrected chi connectivity index (χ0v) is 8.84. The highest BCUT2D eigenvalue weighted by Gasteiger charge is 2.26. The monoisotopic (exact) mass is 231 g/mol. The highest BCUT2D eigenvalue weighted by molar-refractivity contribution is 5.95. The summed E-state index contributed by atoms with van der Waals surface area (Å²) in [6, 6.07) is 3.10. The average Bonchev–Trinajstić information content (AvgIpc) is 2.15. The summed E-state index contributed by atoms with van der Waals surface area (Å²) in [6.07, 6.45) is -3.86. The summed E-state index contributed by atoms with van der Waals surface area (Å²) in [5.41, 5.74) is 1.11. The predicted octanol–water partition coefficient (Wildman–Crippen LogP) is 3.31. The van der Waals surface area contributed by atoms with E-state index in [1.807, 2.05) is 0 Å². The third-order valence-corrected chi connectivity index (χ3v) is 2.08. The Hall–Kier alpha value is -1.39. The Balaban J connectivity index is 2.47. The van der Waals surface area contributed by atoms with Crippen molar-refractivity contribution in [2.75, 3.05) is 0 Å². The molecule has 0 aliphatic heterocycles. The molecular formula is C11H12F3NO. The van der Waals surface area contributed by atoms with E-state index in [0.717, 1.165) is 0 Å². The fourth-order valence-electron chi connectivity index (χ4n) is 1.31. The van der Waals surface area contributed by atoms with E-state index < -0.39 is 12.6 Å². The number of pyridine rings is 1. The maximum atomic E-state index is 11.9. The van der Waals surface area contributed by atoms with Crippen LogP contribution < -0.4 is 0 Å². The molecule has 1 aromatic heterocycles. The summed E-state index contributed by atoms with van der Waals surface area (Å²) in [6.45, 7) is 1.73. The number of aromatic nitrogens is 1. The van der Waals surface area contributed by atoms with Gasteiger partial charge in [0, 0.05) is 30.3 Å². The number of nitrogens with zero attached hydrogens (tertiary/aromatic N) is 1. The smallest absolute Gasteiger partial charge is 0.294 e. The van der Waals surface area contributed by atoms with E-state index in [0.29, 0.717) is 11.3 Å². The Labute approximate surface area is 91.5 Å². The van der Waals surface area contributed by atoms with Gasteiger partial charge in [-0.2, -0.15) is 13.2 Å². The van der Waals surface area contributed by atoms with Crippen LogP contribution in [0.25, 0.3) is 0 Å². The van der Waals surface area contributed by atoms with Gasteiger partial charge in [0.15, 0.2) is 5.78 Å². The van der Waals surface area contributed by atoms with E-state index in [1.54, 1.807) is 13.0 Å². The summed E-state index contributed by atoms with van der Waals surface area (Å²) in [5.74, 6) is -0.269. The molecule has 0 amide bonds. The first-order valence-corrected chi connectivity index (χ1v) is 4.91. The van der Waals surface area contributed by atoms with Crippen LogP contribution in [0.15, 0.2) is 18.3 Å². The fraction of sp³-hybridized carbons (Fsp3) is 0.455. The lowest BCUT2D eigenvalue weighted by atomic mass is 10.1. The molecule has 0 bridgehead atoms. The van der Waals surface area contributed by atoms with Crippen molar-refractivity contribution in [3.8, 4) is 0 Å². The van der Waals surface area contributed by atoms with Gasteiger partial charge in [-0.1, -0.05) is 0 Å². The van der Waals surface area contributed by atoms with Crippen molar-refractivity contribution in [1.29, 1.82) is 0 Å². The van der Waals surface area contributed by atoms with Crippen molar-refractivity contribution in [1.82, 2.24) is 4.98 Å². The number of hydrogen-bond acceptors (Lipinski definition) is 2. The normalized spacial score (nSPS) is 11.5. The molecule has 0 atom stereocenters. The highest BCUT2D eigenvalue weighted by atomic mass is 19.4. The molecular weight excluding hydrogens is 219 g/mol. The van der Waals surface area contributed by atoms with Gasteiger partial charge in [-0.05, 0) is 25.5 Å². The maximum absolute atomic E-state index is 11.9. The van der Waals surface area contributed by atoms with E-state index in [-0.39, 0.29) is 18.6 Å². The minimum absolute atomic E-state index is 0.0804. The second kappa shape index (κ2) is 5.09. The van der Waals surface area contributed by atoms with Crippen LogP contribution in [0, 0.1) is 6.92 Å². The zero-order valence-electron chi connectivity index (χ0n) is 8.84. The van der Waals surface area contributed by atoms with Crippen molar-refractivity contribution in [2.45, 2.75) is 32.4 Å². The standard InChI is InChI=1S/C11H12F3NO/c1-8-7-9(4-6-15-8)10(16)3-2-5-11(12,13)14/h4,6-7H,2-3,5H2,1H3. The lowest BCUT2D eigenvalue weighted by Crippen LogP contribution is -2.08. The van der Waals surface area contributed by atoms with Crippen molar-refractivity contribution in [2.24, 2.45) is 0 Å². The van der Waals surface area contributed by atoms with Crippen molar-refractivity contribution < 1.29 is 18.0 Å². The number of halogens is 3. The molecule has 0 aliphatic carbocycles. The summed E-state index contributed by atoms with van der Waals surface area (Å²) in [4.78, 5) is 15.4. The van der Waals surface area contributed by atoms with Crippen LogP contribution in [-0.2, 0) is 0 Å². The lowest BCUT2D eigenvalue weighted by molar-refractivity contribution is -0.135. The number of aryl methyl sites for hydroxylation is 1. The predicted molar refractivity (Wildman–Crippen MR) is 53.2 cm³/mol. The van der Waals surface area contributed by atoms with E-state index in [1.165, 1.54) is 12.3 Å². The third kappa shape index (κ3) is 4.42. The number of carbonyl (C=O) groups is 1. The van der Waals surface area contributed by atoms with Crippen molar-refractivity contribution >= 4 is 5.78 Å². The number of hydrogen-bond donors (Lipinski definition) is 0. The van der Waals surface area contributed by atoms with Gasteiger partial charge in [-0.15, -0.1) is 0 Å². The van der Waals surface area contributed by atoms with Gasteiger partial charge in [0.1, 0.15) is 0 Å². The first-order chi connectivity index (χ1) is 7.38. The number of carbonyl (C=O) groups excluding carboxylic acids is 1. The van der Waals surface area contributed by atoms with Gasteiger partial charge >= 0.3 is 6.18 Å². The van der Waals surface area contributed by atoms with Crippen molar-refractivity contribution in [3.05, 3.63) is 29.6 Å². The molecule has 1 aromatic rings. The van der Waals surface area contributed by atoms with Crippen LogP contribution in [0.4, 0.5) is 13.2 Å². The summed E-state index contributed by atoms with van der Waals surface area (Å²) >= 11 is 0. The van der Waals surface area contributed by atoms with Crippen LogP contribution in [0.2, 0.25) is 0 Å². The summed E-state index contributed by atoms with van der Waals surface area (Å²) in [5, 5.41) is 0. The molecule has 2 nitrogen and oxygen atoms in total. The molecule has 1 heterocycles. The minimum atomic E-state index is -4.19. The number of ketones is 1. The van der Waals surface area contributed by atoms with Crippen LogP contribution in [0.3, 0.4) is 0 Å². The SMILES string of the molecule is Cc1cc(C(=O)CCCC(F)(F)F)ccn1. The Morgan fingerprint density at radius 2 is 2.12 bits per heavy atom. The zero-order chi connectivity index (χ0) is 12.2. The minimum Gasteiger partial charge on any atom is -0.294 e. The molecule has 0 saturated carbocycles. The second-order valence-electron chi connectivity index (χ2n) is 3.58. The van der Waals surface area contributed by atoms with Gasteiger partial charge in [-0.25, -0.2) is 0 Å². The topological polar surface area (TPSA) is 30.0 Å². The Kier molecular flexibility index (Phi) is 4.04. The van der Waals surface area contributed by atoms with Crippen LogP contribution in [0.1, 0.15) is 35.3 Å². The molecule has 0 aromatic carbocycles. The molecule has 0 N–H and O–H groups in total. The molecule has 5 heteroatoms. The fourth-order valence-corrected chi connectivity index (χ4v) is 1.31. The van der Waals surface area contributed by atoms with E-state index in [9.17, 15) is 18.0 Å². The third-order valence-electron chi connectivity index (χ3n) is 2.08. The van der Waals surface area contributed by atoms with Crippen LogP contribution >= 0.6 is 0 Å². The molecule has 0 saturated heterocycles. The first kappa shape index (κ1) is 12.7. The molecule has 0 aliphatic rings. The van der Waals surface area contributed by atoms with Crippen LogP contribution in [0.5, 0.6) is 0 Å². The lowest BCUT2D eigenvalue weighted by Gasteiger charge is -2.05. The molecule has 0 radical (unpaired) electrons. The molecule has 0 unspecified atom stereocenters. The van der Waals surface area contributed by atoms with E-state index in [4.69, 9.17) is 0 Å². The van der Waals surface area contributed by atoms with Gasteiger partial charge in [0.2, 0.25) is 0 Å². The summed E-state index contributed by atoms with van der Waals surface area (Å²) in [7, 11) is 0. The number of rotatable bonds is 4. The second-order valence-corrected chi connectivity index (χ2v) is 3.58. The van der Waals surface area contributed by atoms with Gasteiger partial charge in [0.05, 0.1) is 0 Å². The van der Waals surface area contributed by atoms with E-state index in [2.05, 4.69) is 4.98 Å². The molecule has 0 spiro atoms. The first-order valence-electron chi connectivity index (χ1n) is 4.91. The summed E-state index contributed by atoms with van der Waals surface area (Å²) < 4.78 is 35.6. The van der Waals surface area contributed by atoms with Gasteiger partial charge in [0.25, 0.3) is 0 Å². The molecule has 1 rings (SSSR count). The largest absolute Gasteiger partial charge is 0.389 e.